The number of carbonyl (C=O) groups excluding carboxylic acids is 4. The summed E-state index contributed by atoms with van der Waals surface area (Å²) in [6.07, 6.45) is 5.17. The van der Waals surface area contributed by atoms with Gasteiger partial charge in [-0.2, -0.15) is 0 Å². The minimum atomic E-state index is -0.564. The fraction of sp³-hybridized carbons (Fsp3) is 0.333. The van der Waals surface area contributed by atoms with Gasteiger partial charge in [0.25, 0.3) is 0 Å². The fourth-order valence-electron chi connectivity index (χ4n) is 4.93. The Morgan fingerprint density at radius 2 is 1.47 bits per heavy atom. The van der Waals surface area contributed by atoms with Crippen molar-refractivity contribution in [3.8, 4) is 5.75 Å². The maximum absolute atomic E-state index is 12.8. The Morgan fingerprint density at radius 3 is 2.09 bits per heavy atom. The predicted molar refractivity (Wildman–Crippen MR) is 126 cm³/mol. The van der Waals surface area contributed by atoms with Crippen LogP contribution in [0.1, 0.15) is 30.4 Å². The molecule has 0 N–H and O–H groups in total. The zero-order valence-electron chi connectivity index (χ0n) is 19.2. The van der Waals surface area contributed by atoms with Gasteiger partial charge in [-0.1, -0.05) is 18.2 Å². The quantitative estimate of drug-likeness (QED) is 0.302. The van der Waals surface area contributed by atoms with Crippen molar-refractivity contribution in [1.29, 1.82) is 0 Å². The molecule has 0 aromatic heterocycles. The molecule has 0 bridgehead atoms. The summed E-state index contributed by atoms with van der Waals surface area (Å²) in [5, 5.41) is 0. The van der Waals surface area contributed by atoms with Crippen molar-refractivity contribution in [1.82, 2.24) is 0 Å². The molecule has 0 unspecified atom stereocenters. The third-order valence-electron chi connectivity index (χ3n) is 7.08. The molecule has 174 valence electrons. The lowest BCUT2D eigenvalue weighted by molar-refractivity contribution is -0.139. The summed E-state index contributed by atoms with van der Waals surface area (Å²) in [6, 6.07) is 12.2. The number of benzene rings is 2. The van der Waals surface area contributed by atoms with Crippen molar-refractivity contribution in [2.24, 2.45) is 17.8 Å². The monoisotopic (exact) mass is 458 g/mol. The normalized spacial score (nSPS) is 24.1. The van der Waals surface area contributed by atoms with E-state index in [0.717, 1.165) is 16.8 Å². The van der Waals surface area contributed by atoms with E-state index in [9.17, 15) is 19.2 Å². The number of hydrogen-bond donors (Lipinski definition) is 0. The van der Waals surface area contributed by atoms with Gasteiger partial charge < -0.3 is 9.64 Å². The summed E-state index contributed by atoms with van der Waals surface area (Å²) >= 11 is 0. The van der Waals surface area contributed by atoms with Gasteiger partial charge in [0, 0.05) is 18.7 Å². The van der Waals surface area contributed by atoms with Crippen LogP contribution in [0.25, 0.3) is 0 Å². The summed E-state index contributed by atoms with van der Waals surface area (Å²) in [7, 11) is 0. The average molecular weight is 459 g/mol. The summed E-state index contributed by atoms with van der Waals surface area (Å²) < 4.78 is 5.52. The van der Waals surface area contributed by atoms with Gasteiger partial charge in [0.1, 0.15) is 5.75 Å². The molecule has 0 saturated carbocycles. The number of hydrogen-bond acceptors (Lipinski definition) is 5. The highest BCUT2D eigenvalue weighted by molar-refractivity contribution is 6.22. The molecule has 2 saturated heterocycles. The molecule has 5 rings (SSSR count). The summed E-state index contributed by atoms with van der Waals surface area (Å²) in [5.41, 5.74) is 3.48. The number of ether oxygens (including phenoxy) is 1. The van der Waals surface area contributed by atoms with Crippen LogP contribution in [0.2, 0.25) is 0 Å². The molecule has 2 heterocycles. The van der Waals surface area contributed by atoms with E-state index in [-0.39, 0.29) is 42.5 Å². The number of aryl methyl sites for hydroxylation is 2. The number of allylic oxidation sites excluding steroid dienone is 2. The minimum Gasteiger partial charge on any atom is -0.426 e. The highest BCUT2D eigenvalue weighted by Gasteiger charge is 2.47. The topological polar surface area (TPSA) is 84.0 Å². The van der Waals surface area contributed by atoms with Crippen LogP contribution in [0.3, 0.4) is 0 Å². The highest BCUT2D eigenvalue weighted by Crippen LogP contribution is 2.38. The van der Waals surface area contributed by atoms with Crippen LogP contribution >= 0.6 is 0 Å². The van der Waals surface area contributed by atoms with Crippen LogP contribution in [0, 0.1) is 31.6 Å². The summed E-state index contributed by atoms with van der Waals surface area (Å²) in [4.78, 5) is 53.7. The number of esters is 1. The van der Waals surface area contributed by atoms with E-state index in [2.05, 4.69) is 0 Å². The van der Waals surface area contributed by atoms with Crippen molar-refractivity contribution in [3.05, 3.63) is 65.7 Å². The Bertz CT molecular complexity index is 1190. The molecule has 0 radical (unpaired) electrons. The van der Waals surface area contributed by atoms with E-state index < -0.39 is 11.9 Å². The second-order valence-corrected chi connectivity index (χ2v) is 9.26. The van der Waals surface area contributed by atoms with Crippen molar-refractivity contribution in [3.63, 3.8) is 0 Å². The minimum absolute atomic E-state index is 0.0947. The smallest absolute Gasteiger partial charge is 0.316 e. The predicted octanol–water partition coefficient (Wildman–Crippen LogP) is 3.72. The third kappa shape index (κ3) is 3.81. The molecule has 0 spiro atoms. The molecular weight excluding hydrogens is 432 g/mol. The van der Waals surface area contributed by atoms with Gasteiger partial charge in [0.05, 0.1) is 23.4 Å². The first-order chi connectivity index (χ1) is 16.3. The second kappa shape index (κ2) is 8.56. The zero-order valence-corrected chi connectivity index (χ0v) is 19.2. The molecule has 2 aliphatic heterocycles. The number of fused-ring (bicyclic) bond motifs is 1. The number of anilines is 2. The number of rotatable bonds is 4. The lowest BCUT2D eigenvalue weighted by Crippen LogP contribution is -2.30. The lowest BCUT2D eigenvalue weighted by atomic mass is 9.85. The summed E-state index contributed by atoms with van der Waals surface area (Å²) in [6.45, 7) is 4.27. The number of carbonyl (C=O) groups is 4. The van der Waals surface area contributed by atoms with E-state index in [0.29, 0.717) is 24.3 Å². The average Bonchev–Trinajstić information content (AvgIpc) is 3.34. The van der Waals surface area contributed by atoms with E-state index in [1.807, 2.05) is 44.2 Å². The molecule has 34 heavy (non-hydrogen) atoms. The highest BCUT2D eigenvalue weighted by atomic mass is 16.5. The maximum Gasteiger partial charge on any atom is 0.316 e. The molecular formula is C27H26N2O5. The van der Waals surface area contributed by atoms with Gasteiger partial charge in [-0.15, -0.1) is 0 Å². The maximum atomic E-state index is 12.8. The van der Waals surface area contributed by atoms with E-state index in [4.69, 9.17) is 4.74 Å². The van der Waals surface area contributed by atoms with Crippen LogP contribution in [0.5, 0.6) is 5.75 Å². The molecule has 2 aromatic rings. The Labute approximate surface area is 198 Å². The summed E-state index contributed by atoms with van der Waals surface area (Å²) in [5.74, 6) is -1.79. The van der Waals surface area contributed by atoms with Gasteiger partial charge >= 0.3 is 5.97 Å². The molecule has 2 aromatic carbocycles. The van der Waals surface area contributed by atoms with E-state index in [1.54, 1.807) is 29.2 Å². The molecule has 3 aliphatic rings. The van der Waals surface area contributed by atoms with Crippen LogP contribution < -0.4 is 14.5 Å². The second-order valence-electron chi connectivity index (χ2n) is 9.26. The van der Waals surface area contributed by atoms with E-state index in [1.165, 1.54) is 4.90 Å². The molecule has 2 fully saturated rings. The fourth-order valence-corrected chi connectivity index (χ4v) is 4.93. The van der Waals surface area contributed by atoms with Crippen molar-refractivity contribution < 1.29 is 23.9 Å². The van der Waals surface area contributed by atoms with Crippen molar-refractivity contribution in [2.75, 3.05) is 16.3 Å². The van der Waals surface area contributed by atoms with Crippen LogP contribution in [-0.4, -0.2) is 30.2 Å². The largest absolute Gasteiger partial charge is 0.426 e. The van der Waals surface area contributed by atoms with Crippen molar-refractivity contribution in [2.45, 2.75) is 33.1 Å². The van der Waals surface area contributed by atoms with Gasteiger partial charge in [-0.3, -0.25) is 24.1 Å². The standard InChI is InChI=1S/C27H26N2O5/c1-16-7-8-20(13-17(16)2)28-15-18(14-24(28)30)27(33)34-21-11-9-19(10-12-21)29-25(31)22-5-3-4-6-23(22)26(29)32/h3-4,7-13,18,22-23H,5-6,14-15H2,1-2H3/t18-,22-,23-/m1/s1. The SMILES string of the molecule is Cc1ccc(N2C[C@H](C(=O)Oc3ccc(N4C(=O)[C@@H]5CC=CC[C@H]5C4=O)cc3)CC2=O)cc1C. The lowest BCUT2D eigenvalue weighted by Gasteiger charge is -2.18. The Hall–Kier alpha value is -3.74. The Balaban J connectivity index is 1.24. The van der Waals surface area contributed by atoms with Gasteiger partial charge in [0.15, 0.2) is 0 Å². The van der Waals surface area contributed by atoms with Crippen LogP contribution in [-0.2, 0) is 19.2 Å². The molecule has 3 amide bonds. The molecule has 7 heteroatoms. The van der Waals surface area contributed by atoms with Gasteiger partial charge in [-0.25, -0.2) is 0 Å². The first kappa shape index (κ1) is 22.1. The Kier molecular flexibility index (Phi) is 5.55. The number of amides is 3. The van der Waals surface area contributed by atoms with Crippen LogP contribution in [0.15, 0.2) is 54.6 Å². The first-order valence-corrected chi connectivity index (χ1v) is 11.6. The molecule has 7 nitrogen and oxygen atoms in total. The molecule has 3 atom stereocenters. The number of imide groups is 1. The van der Waals surface area contributed by atoms with Gasteiger partial charge in [0.2, 0.25) is 17.7 Å². The third-order valence-corrected chi connectivity index (χ3v) is 7.08. The number of nitrogens with zero attached hydrogens (tertiary/aromatic N) is 2. The first-order valence-electron chi connectivity index (χ1n) is 11.6. The van der Waals surface area contributed by atoms with Gasteiger partial charge in [-0.05, 0) is 74.2 Å². The molecule has 1 aliphatic carbocycles. The van der Waals surface area contributed by atoms with Crippen LogP contribution in [0.4, 0.5) is 11.4 Å². The van der Waals surface area contributed by atoms with Crippen molar-refractivity contribution >= 4 is 35.1 Å². The van der Waals surface area contributed by atoms with E-state index >= 15 is 0 Å². The Morgan fingerprint density at radius 1 is 0.853 bits per heavy atom. The zero-order chi connectivity index (χ0) is 24.0.